The number of amides is 3. The number of halogens is 6. The third kappa shape index (κ3) is 3.80. The van der Waals surface area contributed by atoms with Crippen molar-refractivity contribution in [1.82, 2.24) is 15.1 Å². The van der Waals surface area contributed by atoms with Crippen LogP contribution in [0, 0.1) is 17.0 Å². The molecule has 2 saturated heterocycles. The summed E-state index contributed by atoms with van der Waals surface area (Å²) in [6.07, 6.45) is -4.46. The molecule has 3 atom stereocenters. The molecular weight excluding hydrogens is 435 g/mol. The van der Waals surface area contributed by atoms with Crippen molar-refractivity contribution in [2.75, 3.05) is 19.6 Å². The Hall–Kier alpha value is -2.14. The van der Waals surface area contributed by atoms with Gasteiger partial charge in [0, 0.05) is 24.1 Å². The molecule has 3 N–H and O–H groups in total. The van der Waals surface area contributed by atoms with E-state index in [0.29, 0.717) is 0 Å². The largest absolute Gasteiger partial charge is 0.403 e. The summed E-state index contributed by atoms with van der Waals surface area (Å²) in [4.78, 5) is 26.3. The molecule has 2 aliphatic rings. The topological polar surface area (TPSA) is 78.7 Å². The van der Waals surface area contributed by atoms with Crippen molar-refractivity contribution in [2.45, 2.75) is 38.1 Å². The van der Waals surface area contributed by atoms with E-state index in [9.17, 15) is 31.5 Å². The van der Waals surface area contributed by atoms with E-state index >= 15 is 0 Å². The van der Waals surface area contributed by atoms with Crippen molar-refractivity contribution in [3.8, 4) is 0 Å². The van der Waals surface area contributed by atoms with Gasteiger partial charge < -0.3 is 16.0 Å². The number of primary amides is 1. The summed E-state index contributed by atoms with van der Waals surface area (Å²) < 4.78 is 67.8. The Bertz CT molecular complexity index is 875. The number of alkyl halides is 3. The van der Waals surface area contributed by atoms with E-state index in [1.165, 1.54) is 0 Å². The maximum absolute atomic E-state index is 14.9. The van der Waals surface area contributed by atoms with Gasteiger partial charge in [-0.25, -0.2) is 13.6 Å². The Balaban J connectivity index is 1.99. The number of rotatable bonds is 5. The van der Waals surface area contributed by atoms with E-state index in [1.807, 2.05) is 0 Å². The molecule has 0 radical (unpaired) electrons. The molecule has 0 aliphatic carbocycles. The Morgan fingerprint density at radius 1 is 1.33 bits per heavy atom. The zero-order valence-electron chi connectivity index (χ0n) is 16.1. The average molecular weight is 455 g/mol. The second kappa shape index (κ2) is 7.52. The summed E-state index contributed by atoms with van der Waals surface area (Å²) in [7, 11) is 0. The minimum Gasteiger partial charge on any atom is -0.368 e. The molecule has 0 aromatic heterocycles. The van der Waals surface area contributed by atoms with E-state index in [0.717, 1.165) is 28.9 Å². The quantitative estimate of drug-likeness (QED) is 0.530. The number of nitrogens with two attached hydrogens (primary N) is 1. The van der Waals surface area contributed by atoms with Gasteiger partial charge in [0.15, 0.2) is 0 Å². The number of hydrogen-bond donors (Lipinski definition) is 2. The first-order valence-corrected chi connectivity index (χ1v) is 9.44. The highest BCUT2D eigenvalue weighted by Crippen LogP contribution is 2.49. The summed E-state index contributed by atoms with van der Waals surface area (Å²) in [5, 5.41) is 1.58. The predicted octanol–water partition coefficient (Wildman–Crippen LogP) is 2.81. The monoisotopic (exact) mass is 454 g/mol. The van der Waals surface area contributed by atoms with Crippen molar-refractivity contribution in [2.24, 2.45) is 11.1 Å². The van der Waals surface area contributed by atoms with Gasteiger partial charge >= 0.3 is 12.2 Å². The standard InChI is InChI=1S/C18H20ClF5N4O2/c1-8(18(22,23)24)27-6-17(2,7-27)14(9-3-4-10(20)12(19)13(9)21)28-5-11(15(25)29)26-16(28)30/h3-4,8,11,14H,5-7H2,1-2H3,(H2,25,29)(H,26,30)/t8-,11?,14-/m1/s1. The molecule has 166 valence electrons. The molecule has 0 bridgehead atoms. The molecule has 6 nitrogen and oxygen atoms in total. The third-order valence-electron chi connectivity index (χ3n) is 5.76. The maximum atomic E-state index is 14.9. The van der Waals surface area contributed by atoms with Crippen molar-refractivity contribution < 1.29 is 31.5 Å². The fourth-order valence-electron chi connectivity index (χ4n) is 4.15. The first-order chi connectivity index (χ1) is 13.8. The van der Waals surface area contributed by atoms with Crippen LogP contribution < -0.4 is 11.1 Å². The lowest BCUT2D eigenvalue weighted by Crippen LogP contribution is -2.65. The smallest absolute Gasteiger partial charge is 0.368 e. The Morgan fingerprint density at radius 3 is 2.43 bits per heavy atom. The number of urea groups is 1. The van der Waals surface area contributed by atoms with E-state index in [-0.39, 0.29) is 25.2 Å². The Kier molecular flexibility index (Phi) is 5.65. The molecule has 3 rings (SSSR count). The Morgan fingerprint density at radius 2 is 1.93 bits per heavy atom. The summed E-state index contributed by atoms with van der Waals surface area (Å²) >= 11 is 5.70. The van der Waals surface area contributed by atoms with Crippen LogP contribution in [0.5, 0.6) is 0 Å². The van der Waals surface area contributed by atoms with Crippen molar-refractivity contribution in [3.05, 3.63) is 34.4 Å². The molecule has 1 aromatic rings. The van der Waals surface area contributed by atoms with Gasteiger partial charge in [0.05, 0.1) is 12.6 Å². The molecule has 2 fully saturated rings. The summed E-state index contributed by atoms with van der Waals surface area (Å²) in [6, 6.07) is -2.59. The van der Waals surface area contributed by atoms with Crippen LogP contribution in [0.15, 0.2) is 12.1 Å². The minimum absolute atomic E-state index is 0.113. The van der Waals surface area contributed by atoms with Gasteiger partial charge in [-0.2, -0.15) is 13.2 Å². The number of hydrogen-bond acceptors (Lipinski definition) is 3. The molecule has 1 aromatic carbocycles. The molecule has 0 spiro atoms. The third-order valence-corrected chi connectivity index (χ3v) is 6.11. The van der Waals surface area contributed by atoms with Crippen LogP contribution in [0.4, 0.5) is 26.7 Å². The van der Waals surface area contributed by atoms with E-state index in [4.69, 9.17) is 17.3 Å². The fourth-order valence-corrected chi connectivity index (χ4v) is 4.32. The molecule has 0 saturated carbocycles. The summed E-state index contributed by atoms with van der Waals surface area (Å²) in [6.45, 7) is 2.17. The number of benzene rings is 1. The van der Waals surface area contributed by atoms with Crippen molar-refractivity contribution in [3.63, 3.8) is 0 Å². The zero-order chi connectivity index (χ0) is 22.6. The van der Waals surface area contributed by atoms with Gasteiger partial charge in [-0.3, -0.25) is 9.69 Å². The van der Waals surface area contributed by atoms with Gasteiger partial charge in [0.2, 0.25) is 5.91 Å². The van der Waals surface area contributed by atoms with Gasteiger partial charge in [-0.1, -0.05) is 24.6 Å². The normalized spacial score (nSPS) is 23.7. The van der Waals surface area contributed by atoms with Gasteiger partial charge in [0.1, 0.15) is 28.7 Å². The molecule has 2 aliphatic heterocycles. The highest BCUT2D eigenvalue weighted by atomic mass is 35.5. The lowest BCUT2D eigenvalue weighted by molar-refractivity contribution is -0.208. The second-order valence-corrected chi connectivity index (χ2v) is 8.38. The zero-order valence-corrected chi connectivity index (χ0v) is 16.8. The molecular formula is C18H20ClF5N4O2. The van der Waals surface area contributed by atoms with E-state index in [2.05, 4.69) is 5.32 Å². The number of likely N-dealkylation sites (tertiary alicyclic amines) is 1. The first kappa shape index (κ1) is 22.5. The van der Waals surface area contributed by atoms with Crippen LogP contribution in [-0.4, -0.2) is 59.6 Å². The van der Waals surface area contributed by atoms with Crippen LogP contribution in [0.1, 0.15) is 25.5 Å². The molecule has 2 heterocycles. The highest BCUT2D eigenvalue weighted by Gasteiger charge is 2.56. The van der Waals surface area contributed by atoms with Gasteiger partial charge in [0.25, 0.3) is 0 Å². The van der Waals surface area contributed by atoms with Crippen LogP contribution >= 0.6 is 11.6 Å². The van der Waals surface area contributed by atoms with Gasteiger partial charge in [-0.15, -0.1) is 0 Å². The van der Waals surface area contributed by atoms with Crippen molar-refractivity contribution in [1.29, 1.82) is 0 Å². The van der Waals surface area contributed by atoms with Crippen LogP contribution in [-0.2, 0) is 4.79 Å². The van der Waals surface area contributed by atoms with E-state index in [1.54, 1.807) is 6.92 Å². The highest BCUT2D eigenvalue weighted by molar-refractivity contribution is 6.31. The molecule has 1 unspecified atom stereocenters. The summed E-state index contributed by atoms with van der Waals surface area (Å²) in [5.74, 6) is -2.93. The second-order valence-electron chi connectivity index (χ2n) is 8.00. The SMILES string of the molecule is C[C@@H](N1CC(C)([C@@H](c2ccc(F)c(Cl)c2F)N2CC(C(N)=O)NC2=O)C1)C(F)(F)F. The predicted molar refractivity (Wildman–Crippen MR) is 97.5 cm³/mol. The number of nitrogens with zero attached hydrogens (tertiary/aromatic N) is 2. The van der Waals surface area contributed by atoms with Crippen LogP contribution in [0.2, 0.25) is 5.02 Å². The van der Waals surface area contributed by atoms with Crippen molar-refractivity contribution >= 4 is 23.5 Å². The summed E-state index contributed by atoms with van der Waals surface area (Å²) in [5.41, 5.74) is 4.07. The van der Waals surface area contributed by atoms with Crippen LogP contribution in [0.25, 0.3) is 0 Å². The average Bonchev–Trinajstić information content (AvgIpc) is 3.00. The Labute approximate surface area is 174 Å². The van der Waals surface area contributed by atoms with Gasteiger partial charge in [-0.05, 0) is 13.0 Å². The molecule has 3 amide bonds. The lowest BCUT2D eigenvalue weighted by atomic mass is 9.71. The molecule has 12 heteroatoms. The molecule has 30 heavy (non-hydrogen) atoms. The lowest BCUT2D eigenvalue weighted by Gasteiger charge is -2.56. The number of nitrogens with one attached hydrogen (secondary N) is 1. The number of carbonyl (C=O) groups excluding carboxylic acids is 2. The number of carbonyl (C=O) groups is 2. The van der Waals surface area contributed by atoms with E-state index < -0.39 is 58.3 Å². The van der Waals surface area contributed by atoms with Crippen LogP contribution in [0.3, 0.4) is 0 Å². The minimum atomic E-state index is -4.46. The first-order valence-electron chi connectivity index (χ1n) is 9.07. The fraction of sp³-hybridized carbons (Fsp3) is 0.556. The maximum Gasteiger partial charge on any atom is 0.403 e.